The monoisotopic (exact) mass is 377 g/mol. The normalized spacial score (nSPS) is 17.8. The second-order valence-corrected chi connectivity index (χ2v) is 7.97. The third-order valence-electron chi connectivity index (χ3n) is 4.17. The van der Waals surface area contributed by atoms with Gasteiger partial charge >= 0.3 is 0 Å². The van der Waals surface area contributed by atoms with Crippen LogP contribution in [0, 0.1) is 5.82 Å². The fourth-order valence-corrected chi connectivity index (χ4v) is 3.58. The number of hydrogen-bond acceptors (Lipinski definition) is 4. The van der Waals surface area contributed by atoms with Gasteiger partial charge in [-0.25, -0.2) is 12.8 Å². The summed E-state index contributed by atoms with van der Waals surface area (Å²) in [4.78, 5) is 14.6. The number of anilines is 1. The molecule has 26 heavy (non-hydrogen) atoms. The van der Waals surface area contributed by atoms with Crippen molar-refractivity contribution in [2.45, 2.75) is 6.04 Å². The van der Waals surface area contributed by atoms with E-state index in [4.69, 9.17) is 0 Å². The molecule has 1 atom stereocenters. The van der Waals surface area contributed by atoms with Gasteiger partial charge in [-0.1, -0.05) is 12.1 Å². The van der Waals surface area contributed by atoms with Crippen LogP contribution in [0.25, 0.3) is 0 Å². The van der Waals surface area contributed by atoms with Crippen molar-refractivity contribution >= 4 is 21.6 Å². The Morgan fingerprint density at radius 2 is 1.96 bits per heavy atom. The maximum absolute atomic E-state index is 13.6. The fourth-order valence-electron chi connectivity index (χ4n) is 3.02. The fraction of sp³-hybridized carbons (Fsp3) is 0.278. The molecule has 0 aromatic heterocycles. The molecule has 1 aliphatic rings. The molecular formula is C18H20FN3O3S. The average molecular weight is 377 g/mol. The molecule has 3 rings (SSSR count). The molecule has 2 N–H and O–H groups in total. The molecule has 2 aromatic rings. The van der Waals surface area contributed by atoms with Crippen molar-refractivity contribution in [1.82, 2.24) is 10.2 Å². The van der Waals surface area contributed by atoms with Gasteiger partial charge in [0, 0.05) is 30.9 Å². The number of halogens is 1. The zero-order chi connectivity index (χ0) is 18.7. The van der Waals surface area contributed by atoms with Crippen molar-refractivity contribution in [2.75, 3.05) is 30.6 Å². The first-order chi connectivity index (χ1) is 12.3. The summed E-state index contributed by atoms with van der Waals surface area (Å²) in [5.74, 6) is -0.511. The lowest BCUT2D eigenvalue weighted by atomic mass is 10.0. The first-order valence-corrected chi connectivity index (χ1v) is 10.1. The summed E-state index contributed by atoms with van der Waals surface area (Å²) in [5.41, 5.74) is 1.58. The van der Waals surface area contributed by atoms with Gasteiger partial charge in [-0.2, -0.15) is 0 Å². The first kappa shape index (κ1) is 18.3. The topological polar surface area (TPSA) is 78.5 Å². The highest BCUT2D eigenvalue weighted by atomic mass is 32.2. The minimum Gasteiger partial charge on any atom is -0.329 e. The predicted molar refractivity (Wildman–Crippen MR) is 98.0 cm³/mol. The summed E-state index contributed by atoms with van der Waals surface area (Å²) in [7, 11) is -3.37. The van der Waals surface area contributed by atoms with Gasteiger partial charge in [0.2, 0.25) is 10.0 Å². The van der Waals surface area contributed by atoms with Gasteiger partial charge < -0.3 is 10.2 Å². The molecule has 0 radical (unpaired) electrons. The van der Waals surface area contributed by atoms with Gasteiger partial charge in [0.05, 0.1) is 12.3 Å². The number of benzene rings is 2. The van der Waals surface area contributed by atoms with Crippen LogP contribution in [0.3, 0.4) is 0 Å². The summed E-state index contributed by atoms with van der Waals surface area (Å²) in [5, 5.41) is 3.23. The molecule has 0 bridgehead atoms. The van der Waals surface area contributed by atoms with E-state index in [1.165, 1.54) is 12.1 Å². The Bertz CT molecular complexity index is 900. The molecule has 0 saturated carbocycles. The van der Waals surface area contributed by atoms with Gasteiger partial charge in [0.25, 0.3) is 5.91 Å². The number of nitrogens with one attached hydrogen (secondary N) is 2. The van der Waals surface area contributed by atoms with Gasteiger partial charge in [-0.3, -0.25) is 9.52 Å². The van der Waals surface area contributed by atoms with E-state index in [0.717, 1.165) is 11.8 Å². The molecule has 1 unspecified atom stereocenters. The second-order valence-electron chi connectivity index (χ2n) is 6.23. The molecule has 0 spiro atoms. The molecule has 138 valence electrons. The smallest absolute Gasteiger partial charge is 0.254 e. The summed E-state index contributed by atoms with van der Waals surface area (Å²) in [6, 6.07) is 12.3. The maximum atomic E-state index is 13.6. The predicted octanol–water partition coefficient (Wildman–Crippen LogP) is 1.98. The standard InChI is InChI=1S/C18H20FN3O3S/c1-26(24,25)21-16-7-5-13(6-8-16)18(23)22-10-9-20-12-17(22)14-3-2-4-15(19)11-14/h2-8,11,17,20-21H,9-10,12H2,1H3. The van der Waals surface area contributed by atoms with E-state index in [0.29, 0.717) is 30.9 Å². The van der Waals surface area contributed by atoms with Crippen molar-refractivity contribution in [3.05, 3.63) is 65.5 Å². The molecule has 1 aliphatic heterocycles. The van der Waals surface area contributed by atoms with Gasteiger partial charge in [0.1, 0.15) is 5.82 Å². The van der Waals surface area contributed by atoms with Crippen LogP contribution in [0.2, 0.25) is 0 Å². The maximum Gasteiger partial charge on any atom is 0.254 e. The second kappa shape index (κ2) is 7.43. The number of hydrogen-bond donors (Lipinski definition) is 2. The van der Waals surface area contributed by atoms with Gasteiger partial charge in [0.15, 0.2) is 0 Å². The zero-order valence-electron chi connectivity index (χ0n) is 14.3. The van der Waals surface area contributed by atoms with Crippen molar-refractivity contribution < 1.29 is 17.6 Å². The number of sulfonamides is 1. The summed E-state index contributed by atoms with van der Waals surface area (Å²) in [6.07, 6.45) is 1.07. The quantitative estimate of drug-likeness (QED) is 0.854. The zero-order valence-corrected chi connectivity index (χ0v) is 15.1. The minimum absolute atomic E-state index is 0.174. The summed E-state index contributed by atoms with van der Waals surface area (Å²) < 4.78 is 38.5. The van der Waals surface area contributed by atoms with Crippen LogP contribution in [-0.2, 0) is 10.0 Å². The highest BCUT2D eigenvalue weighted by molar-refractivity contribution is 7.92. The highest BCUT2D eigenvalue weighted by Gasteiger charge is 2.28. The third-order valence-corrected chi connectivity index (χ3v) is 4.78. The van der Waals surface area contributed by atoms with E-state index in [2.05, 4.69) is 10.0 Å². The minimum atomic E-state index is -3.37. The Balaban J connectivity index is 1.82. The van der Waals surface area contributed by atoms with Crippen LogP contribution in [0.15, 0.2) is 48.5 Å². The molecule has 2 aromatic carbocycles. The number of rotatable bonds is 4. The number of carbonyl (C=O) groups is 1. The number of amides is 1. The molecule has 1 saturated heterocycles. The van der Waals surface area contributed by atoms with E-state index in [1.54, 1.807) is 41.3 Å². The highest BCUT2D eigenvalue weighted by Crippen LogP contribution is 2.25. The largest absolute Gasteiger partial charge is 0.329 e. The Hall–Kier alpha value is -2.45. The Kier molecular flexibility index (Phi) is 5.24. The molecule has 0 aliphatic carbocycles. The van der Waals surface area contributed by atoms with Crippen LogP contribution in [0.1, 0.15) is 22.0 Å². The van der Waals surface area contributed by atoms with Gasteiger partial charge in [-0.15, -0.1) is 0 Å². The molecule has 1 fully saturated rings. The van der Waals surface area contributed by atoms with E-state index in [-0.39, 0.29) is 17.8 Å². The Morgan fingerprint density at radius 1 is 1.23 bits per heavy atom. The number of nitrogens with zero attached hydrogens (tertiary/aromatic N) is 1. The van der Waals surface area contributed by atoms with Crippen molar-refractivity contribution in [1.29, 1.82) is 0 Å². The Morgan fingerprint density at radius 3 is 2.62 bits per heavy atom. The van der Waals surface area contributed by atoms with Crippen LogP contribution >= 0.6 is 0 Å². The van der Waals surface area contributed by atoms with Gasteiger partial charge in [-0.05, 0) is 42.0 Å². The van der Waals surface area contributed by atoms with E-state index in [1.807, 2.05) is 0 Å². The van der Waals surface area contributed by atoms with E-state index in [9.17, 15) is 17.6 Å². The van der Waals surface area contributed by atoms with Crippen molar-refractivity contribution in [2.24, 2.45) is 0 Å². The lowest BCUT2D eigenvalue weighted by Crippen LogP contribution is -2.48. The van der Waals surface area contributed by atoms with Crippen LogP contribution in [-0.4, -0.2) is 45.1 Å². The molecule has 6 nitrogen and oxygen atoms in total. The molecular weight excluding hydrogens is 357 g/mol. The average Bonchev–Trinajstić information content (AvgIpc) is 2.60. The summed E-state index contributed by atoms with van der Waals surface area (Å²) >= 11 is 0. The van der Waals surface area contributed by atoms with E-state index >= 15 is 0 Å². The van der Waals surface area contributed by atoms with Crippen LogP contribution in [0.4, 0.5) is 10.1 Å². The van der Waals surface area contributed by atoms with E-state index < -0.39 is 10.0 Å². The number of carbonyl (C=O) groups excluding carboxylic acids is 1. The SMILES string of the molecule is CS(=O)(=O)Nc1ccc(C(=O)N2CCNCC2c2cccc(F)c2)cc1. The number of piperazine rings is 1. The molecule has 8 heteroatoms. The van der Waals surface area contributed by atoms with Crippen molar-refractivity contribution in [3.8, 4) is 0 Å². The third kappa shape index (κ3) is 4.39. The lowest BCUT2D eigenvalue weighted by Gasteiger charge is -2.36. The van der Waals surface area contributed by atoms with Crippen molar-refractivity contribution in [3.63, 3.8) is 0 Å². The molecule has 1 amide bonds. The lowest BCUT2D eigenvalue weighted by molar-refractivity contribution is 0.0634. The van der Waals surface area contributed by atoms with Crippen LogP contribution in [0.5, 0.6) is 0 Å². The molecule has 1 heterocycles. The summed E-state index contributed by atoms with van der Waals surface area (Å²) in [6.45, 7) is 1.71. The first-order valence-electron chi connectivity index (χ1n) is 8.18. The van der Waals surface area contributed by atoms with Crippen LogP contribution < -0.4 is 10.0 Å². The Labute approximate surface area is 152 Å².